The predicted octanol–water partition coefficient (Wildman–Crippen LogP) is 0.653. The Bertz CT molecular complexity index is 1120. The summed E-state index contributed by atoms with van der Waals surface area (Å²) in [4.78, 5) is 75.7. The molecule has 3 heterocycles. The van der Waals surface area contributed by atoms with Gasteiger partial charge in [-0.3, -0.25) is 24.1 Å². The summed E-state index contributed by atoms with van der Waals surface area (Å²) in [6.07, 6.45) is 3.76. The van der Waals surface area contributed by atoms with E-state index in [1.54, 1.807) is 26.0 Å². The van der Waals surface area contributed by atoms with Gasteiger partial charge in [-0.25, -0.2) is 9.59 Å². The minimum atomic E-state index is -1.35. The zero-order valence-electron chi connectivity index (χ0n) is 21.2. The number of β-lactam (4-membered cyclic amide) rings is 1. The molecule has 0 radical (unpaired) electrons. The molecule has 2 aliphatic heterocycles. The van der Waals surface area contributed by atoms with Gasteiger partial charge in [-0.15, -0.1) is 11.8 Å². The molecule has 38 heavy (non-hydrogen) atoms. The lowest BCUT2D eigenvalue weighted by Crippen LogP contribution is -2.71. The van der Waals surface area contributed by atoms with Gasteiger partial charge >= 0.3 is 23.9 Å². The van der Waals surface area contributed by atoms with Crippen molar-refractivity contribution in [2.24, 2.45) is 0 Å². The lowest BCUT2D eigenvalue weighted by molar-refractivity contribution is -0.168. The third kappa shape index (κ3) is 6.54. The van der Waals surface area contributed by atoms with Crippen molar-refractivity contribution in [3.05, 3.63) is 35.8 Å². The number of aromatic nitrogens is 1. The number of carbonyl (C=O) groups excluding carboxylic acids is 6. The zero-order chi connectivity index (χ0) is 27.8. The van der Waals surface area contributed by atoms with E-state index >= 15 is 0 Å². The predicted molar refractivity (Wildman–Crippen MR) is 131 cm³/mol. The second-order valence-corrected chi connectivity index (χ2v) is 9.33. The molecule has 1 saturated heterocycles. The highest BCUT2D eigenvalue weighted by atomic mass is 32.2. The molecule has 0 aliphatic carbocycles. The largest absolute Gasteiger partial charge is 0.464 e. The summed E-state index contributed by atoms with van der Waals surface area (Å²) in [6, 6.07) is 0.886. The molecule has 3 rings (SSSR count). The fourth-order valence-electron chi connectivity index (χ4n) is 3.80. The summed E-state index contributed by atoms with van der Waals surface area (Å²) in [7, 11) is 0. The molecule has 206 valence electrons. The Labute approximate surface area is 222 Å². The van der Waals surface area contributed by atoms with E-state index in [1.807, 2.05) is 0 Å². The summed E-state index contributed by atoms with van der Waals surface area (Å²) < 4.78 is 21.3. The highest BCUT2D eigenvalue weighted by Crippen LogP contribution is 2.41. The first-order valence-electron chi connectivity index (χ1n) is 11.9. The van der Waals surface area contributed by atoms with Crippen LogP contribution in [0.5, 0.6) is 0 Å². The minimum Gasteiger partial charge on any atom is -0.464 e. The lowest BCUT2D eigenvalue weighted by Gasteiger charge is -2.49. The SMILES string of the molecule is CCCC(=O)OCOC(=O)C1=C(COC(C)=O)CSC2C(NC(=O)C(C(=O)OCC)n3cccc3)C(=O)N12. The number of rotatable bonds is 12. The van der Waals surface area contributed by atoms with E-state index in [2.05, 4.69) is 5.32 Å². The molecule has 14 heteroatoms. The monoisotopic (exact) mass is 551 g/mol. The maximum atomic E-state index is 13.1. The van der Waals surface area contributed by atoms with Crippen molar-refractivity contribution in [2.45, 2.75) is 51.1 Å². The Morgan fingerprint density at radius 3 is 2.42 bits per heavy atom. The van der Waals surface area contributed by atoms with Crippen molar-refractivity contribution in [3.63, 3.8) is 0 Å². The van der Waals surface area contributed by atoms with Gasteiger partial charge in [-0.2, -0.15) is 0 Å². The molecule has 1 aromatic heterocycles. The first-order valence-corrected chi connectivity index (χ1v) is 13.0. The topological polar surface area (TPSA) is 160 Å². The molecule has 0 bridgehead atoms. The molecule has 3 unspecified atom stereocenters. The van der Waals surface area contributed by atoms with E-state index in [0.717, 1.165) is 4.90 Å². The number of hydrogen-bond acceptors (Lipinski definition) is 11. The van der Waals surface area contributed by atoms with Crippen LogP contribution in [0, 0.1) is 0 Å². The van der Waals surface area contributed by atoms with E-state index in [1.165, 1.54) is 35.6 Å². The molecule has 1 N–H and O–H groups in total. The van der Waals surface area contributed by atoms with Crippen LogP contribution in [0.15, 0.2) is 35.8 Å². The number of nitrogens with one attached hydrogen (secondary N) is 1. The summed E-state index contributed by atoms with van der Waals surface area (Å²) >= 11 is 1.24. The molecule has 1 aromatic rings. The Morgan fingerprint density at radius 1 is 1.08 bits per heavy atom. The first kappa shape index (κ1) is 28.8. The maximum absolute atomic E-state index is 13.1. The average molecular weight is 552 g/mol. The second kappa shape index (κ2) is 13.1. The van der Waals surface area contributed by atoms with Crippen LogP contribution in [0.2, 0.25) is 0 Å². The van der Waals surface area contributed by atoms with Crippen LogP contribution in [0.4, 0.5) is 0 Å². The fraction of sp³-hybridized carbons (Fsp3) is 0.500. The van der Waals surface area contributed by atoms with Gasteiger partial charge in [0.25, 0.3) is 11.8 Å². The van der Waals surface area contributed by atoms with Crippen molar-refractivity contribution < 1.29 is 47.7 Å². The highest BCUT2D eigenvalue weighted by molar-refractivity contribution is 8.00. The highest BCUT2D eigenvalue weighted by Gasteiger charge is 2.55. The third-order valence-corrected chi connectivity index (χ3v) is 6.88. The van der Waals surface area contributed by atoms with Gasteiger partial charge in [0.2, 0.25) is 12.8 Å². The summed E-state index contributed by atoms with van der Waals surface area (Å²) in [5.41, 5.74) is 0.172. The Morgan fingerprint density at radius 2 is 1.79 bits per heavy atom. The standard InChI is InChI=1S/C24H29N3O10S/c1-4-8-16(29)36-13-37-23(32)18-15(11-35-14(3)28)12-38-22-17(21(31)27(18)22)25-20(30)19(24(33)34-5-2)26-9-6-7-10-26/h6-7,9-10,17,19,22H,4-5,8,11-13H2,1-3H3,(H,25,30). The van der Waals surface area contributed by atoms with Crippen molar-refractivity contribution in [1.29, 1.82) is 0 Å². The van der Waals surface area contributed by atoms with Gasteiger partial charge in [0, 0.05) is 37.1 Å². The van der Waals surface area contributed by atoms with E-state index < -0.39 is 59.9 Å². The van der Waals surface area contributed by atoms with Gasteiger partial charge in [0.05, 0.1) is 6.61 Å². The molecule has 13 nitrogen and oxygen atoms in total. The Balaban J connectivity index is 1.76. The zero-order valence-corrected chi connectivity index (χ0v) is 22.0. The molecule has 0 spiro atoms. The van der Waals surface area contributed by atoms with E-state index in [4.69, 9.17) is 18.9 Å². The minimum absolute atomic E-state index is 0.0631. The molecule has 0 saturated carbocycles. The van der Waals surface area contributed by atoms with Crippen LogP contribution < -0.4 is 5.32 Å². The molecule has 2 aliphatic rings. The van der Waals surface area contributed by atoms with Crippen LogP contribution in [-0.2, 0) is 47.7 Å². The van der Waals surface area contributed by atoms with Gasteiger partial charge in [0.15, 0.2) is 0 Å². The molecule has 3 atom stereocenters. The fourth-order valence-corrected chi connectivity index (χ4v) is 5.13. The van der Waals surface area contributed by atoms with Crippen LogP contribution in [-0.4, -0.2) is 82.3 Å². The van der Waals surface area contributed by atoms with Gasteiger partial charge < -0.3 is 28.8 Å². The number of thioether (sulfide) groups is 1. The smallest absolute Gasteiger partial charge is 0.358 e. The molecule has 2 amide bonds. The number of ether oxygens (including phenoxy) is 4. The first-order chi connectivity index (χ1) is 18.2. The number of amides is 2. The average Bonchev–Trinajstić information content (AvgIpc) is 3.40. The molecule has 1 fully saturated rings. The van der Waals surface area contributed by atoms with Gasteiger partial charge in [-0.1, -0.05) is 6.92 Å². The van der Waals surface area contributed by atoms with Crippen molar-refractivity contribution in [1.82, 2.24) is 14.8 Å². The molecule has 0 aromatic carbocycles. The van der Waals surface area contributed by atoms with Crippen LogP contribution in [0.1, 0.15) is 39.7 Å². The summed E-state index contributed by atoms with van der Waals surface area (Å²) in [5, 5.41) is 1.90. The third-order valence-electron chi connectivity index (χ3n) is 5.54. The lowest BCUT2D eigenvalue weighted by atomic mass is 10.0. The van der Waals surface area contributed by atoms with Crippen molar-refractivity contribution in [3.8, 4) is 0 Å². The van der Waals surface area contributed by atoms with E-state index in [9.17, 15) is 28.8 Å². The molecular weight excluding hydrogens is 522 g/mol. The van der Waals surface area contributed by atoms with Crippen LogP contribution >= 0.6 is 11.8 Å². The van der Waals surface area contributed by atoms with Gasteiger partial charge in [-0.05, 0) is 25.5 Å². The number of hydrogen-bond donors (Lipinski definition) is 1. The van der Waals surface area contributed by atoms with Crippen molar-refractivity contribution in [2.75, 3.05) is 25.8 Å². The number of fused-ring (bicyclic) bond motifs is 1. The normalized spacial score (nSPS) is 19.0. The van der Waals surface area contributed by atoms with Crippen LogP contribution in [0.25, 0.3) is 0 Å². The Kier molecular flexibility index (Phi) is 9.93. The summed E-state index contributed by atoms with van der Waals surface area (Å²) in [6.45, 7) is 3.76. The van der Waals surface area contributed by atoms with E-state index in [-0.39, 0.29) is 31.1 Å². The van der Waals surface area contributed by atoms with Gasteiger partial charge in [0.1, 0.15) is 23.7 Å². The summed E-state index contributed by atoms with van der Waals surface area (Å²) in [5.74, 6) is -4.05. The number of nitrogens with zero attached hydrogens (tertiary/aromatic N) is 2. The second-order valence-electron chi connectivity index (χ2n) is 8.23. The van der Waals surface area contributed by atoms with Crippen molar-refractivity contribution >= 4 is 47.5 Å². The maximum Gasteiger partial charge on any atom is 0.358 e. The Hall–Kier alpha value is -3.81. The van der Waals surface area contributed by atoms with Crippen LogP contribution in [0.3, 0.4) is 0 Å². The van der Waals surface area contributed by atoms with E-state index in [0.29, 0.717) is 12.0 Å². The number of esters is 4. The number of carbonyl (C=O) groups is 6. The molecular formula is C24H29N3O10S. The quantitative estimate of drug-likeness (QED) is 0.128.